The molecule has 4 N–H and O–H groups in total. The highest BCUT2D eigenvalue weighted by molar-refractivity contribution is 9.11. The number of amides is 4. The van der Waals surface area contributed by atoms with Crippen LogP contribution in [0.3, 0.4) is 0 Å². The van der Waals surface area contributed by atoms with Crippen molar-refractivity contribution in [1.82, 2.24) is 21.5 Å². The van der Waals surface area contributed by atoms with Crippen molar-refractivity contribution < 1.29 is 14.4 Å². The van der Waals surface area contributed by atoms with Crippen LogP contribution in [0, 0.1) is 0 Å². The van der Waals surface area contributed by atoms with Crippen LogP contribution in [-0.2, 0) is 6.54 Å². The van der Waals surface area contributed by atoms with Gasteiger partial charge in [0.1, 0.15) is 0 Å². The van der Waals surface area contributed by atoms with Crippen LogP contribution in [0.2, 0.25) is 0 Å². The average molecular weight is 425 g/mol. The van der Waals surface area contributed by atoms with Crippen LogP contribution in [0.4, 0.5) is 4.79 Å². The first-order valence-electron chi connectivity index (χ1n) is 7.46. The third-order valence-electron chi connectivity index (χ3n) is 3.07. The van der Waals surface area contributed by atoms with Crippen LogP contribution in [0.5, 0.6) is 0 Å². The Bertz CT molecular complexity index is 778. The number of rotatable bonds is 5. The summed E-state index contributed by atoms with van der Waals surface area (Å²) in [6, 6.07) is 9.80. The molecule has 0 atom stereocenters. The SMILES string of the molecule is CCNC(=O)c1cccc(CNC(=O)NNC(=O)c2ccc(Br)s2)c1. The normalized spacial score (nSPS) is 10.0. The Balaban J connectivity index is 1.81. The van der Waals surface area contributed by atoms with E-state index < -0.39 is 11.9 Å². The van der Waals surface area contributed by atoms with Crippen molar-refractivity contribution in [1.29, 1.82) is 0 Å². The molecule has 2 aromatic rings. The minimum atomic E-state index is -0.549. The molecule has 0 fully saturated rings. The van der Waals surface area contributed by atoms with Crippen molar-refractivity contribution in [2.24, 2.45) is 0 Å². The van der Waals surface area contributed by atoms with Crippen molar-refractivity contribution in [2.75, 3.05) is 6.54 Å². The van der Waals surface area contributed by atoms with Gasteiger partial charge in [-0.25, -0.2) is 10.2 Å². The molecule has 0 unspecified atom stereocenters. The molecule has 2 rings (SSSR count). The van der Waals surface area contributed by atoms with Gasteiger partial charge in [-0.15, -0.1) is 11.3 Å². The summed E-state index contributed by atoms with van der Waals surface area (Å²) in [6.45, 7) is 2.61. The van der Waals surface area contributed by atoms with Crippen LogP contribution in [0.15, 0.2) is 40.2 Å². The predicted molar refractivity (Wildman–Crippen MR) is 99.3 cm³/mol. The summed E-state index contributed by atoms with van der Waals surface area (Å²) in [7, 11) is 0. The molecule has 1 heterocycles. The molecule has 7 nitrogen and oxygen atoms in total. The molecule has 0 aliphatic heterocycles. The highest BCUT2D eigenvalue weighted by Gasteiger charge is 2.10. The molecule has 25 heavy (non-hydrogen) atoms. The number of carbonyl (C=O) groups excluding carboxylic acids is 3. The number of halogens is 1. The molecule has 132 valence electrons. The number of urea groups is 1. The zero-order valence-electron chi connectivity index (χ0n) is 13.4. The minimum Gasteiger partial charge on any atom is -0.352 e. The molecule has 1 aromatic carbocycles. The summed E-state index contributed by atoms with van der Waals surface area (Å²) in [4.78, 5) is 35.8. The van der Waals surface area contributed by atoms with Gasteiger partial charge in [-0.1, -0.05) is 12.1 Å². The number of carbonyl (C=O) groups is 3. The van der Waals surface area contributed by atoms with E-state index in [1.165, 1.54) is 11.3 Å². The molecular weight excluding hydrogens is 408 g/mol. The molecule has 9 heteroatoms. The zero-order chi connectivity index (χ0) is 18.2. The standard InChI is InChI=1S/C16H17BrN4O3S/c1-2-18-14(22)11-5-3-4-10(8-11)9-19-16(24)21-20-15(23)12-6-7-13(17)25-12/h3-8H,2,9H2,1H3,(H,18,22)(H,20,23)(H2,19,21,24). The zero-order valence-corrected chi connectivity index (χ0v) is 15.8. The number of nitrogens with one attached hydrogen (secondary N) is 4. The van der Waals surface area contributed by atoms with E-state index in [-0.39, 0.29) is 12.5 Å². The maximum absolute atomic E-state index is 11.8. The Labute approximate surface area is 157 Å². The number of benzene rings is 1. The van der Waals surface area contributed by atoms with Crippen LogP contribution in [-0.4, -0.2) is 24.4 Å². The molecule has 0 radical (unpaired) electrons. The summed E-state index contributed by atoms with van der Waals surface area (Å²) in [5.74, 6) is -0.563. The molecule has 0 aliphatic carbocycles. The van der Waals surface area contributed by atoms with Crippen LogP contribution >= 0.6 is 27.3 Å². The summed E-state index contributed by atoms with van der Waals surface area (Å²) >= 11 is 4.53. The third kappa shape index (κ3) is 5.87. The number of thiophene rings is 1. The Kier molecular flexibility index (Phi) is 6.96. The maximum Gasteiger partial charge on any atom is 0.333 e. The van der Waals surface area contributed by atoms with Gasteiger partial charge in [-0.05, 0) is 52.7 Å². The first-order chi connectivity index (χ1) is 12.0. The van der Waals surface area contributed by atoms with E-state index >= 15 is 0 Å². The fraction of sp³-hybridized carbons (Fsp3) is 0.188. The van der Waals surface area contributed by atoms with Gasteiger partial charge in [0, 0.05) is 18.7 Å². The average Bonchev–Trinajstić information content (AvgIpc) is 3.05. The fourth-order valence-corrected chi connectivity index (χ4v) is 3.20. The Morgan fingerprint density at radius 2 is 1.84 bits per heavy atom. The lowest BCUT2D eigenvalue weighted by atomic mass is 10.1. The fourth-order valence-electron chi connectivity index (χ4n) is 1.92. The van der Waals surface area contributed by atoms with E-state index in [1.807, 2.05) is 6.92 Å². The quantitative estimate of drug-likeness (QED) is 0.554. The molecule has 0 spiro atoms. The van der Waals surface area contributed by atoms with Crippen molar-refractivity contribution in [3.8, 4) is 0 Å². The molecule has 0 saturated heterocycles. The minimum absolute atomic E-state index is 0.164. The topological polar surface area (TPSA) is 99.3 Å². The molecular formula is C16H17BrN4O3S. The second-order valence-electron chi connectivity index (χ2n) is 4.93. The summed E-state index contributed by atoms with van der Waals surface area (Å²) < 4.78 is 0.828. The lowest BCUT2D eigenvalue weighted by molar-refractivity contribution is 0.0937. The molecule has 1 aromatic heterocycles. The second-order valence-corrected chi connectivity index (χ2v) is 7.39. The molecule has 0 bridgehead atoms. The summed E-state index contributed by atoms with van der Waals surface area (Å²) in [5, 5.41) is 5.32. The lowest BCUT2D eigenvalue weighted by Gasteiger charge is -2.09. The monoisotopic (exact) mass is 424 g/mol. The van der Waals surface area contributed by atoms with Crippen LogP contribution in [0.25, 0.3) is 0 Å². The van der Waals surface area contributed by atoms with Crippen molar-refractivity contribution in [3.05, 3.63) is 56.2 Å². The van der Waals surface area contributed by atoms with Crippen molar-refractivity contribution >= 4 is 45.1 Å². The second kappa shape index (κ2) is 9.19. The van der Waals surface area contributed by atoms with Gasteiger partial charge in [-0.3, -0.25) is 15.0 Å². The Hall–Kier alpha value is -2.39. The first-order valence-corrected chi connectivity index (χ1v) is 9.07. The number of hydrogen-bond donors (Lipinski definition) is 4. The molecule has 4 amide bonds. The number of hydrazine groups is 1. The van der Waals surface area contributed by atoms with E-state index in [0.29, 0.717) is 17.0 Å². The van der Waals surface area contributed by atoms with Gasteiger partial charge in [0.25, 0.3) is 11.8 Å². The first kappa shape index (κ1) is 18.9. The molecule has 0 saturated carbocycles. The Morgan fingerprint density at radius 3 is 2.52 bits per heavy atom. The van der Waals surface area contributed by atoms with Gasteiger partial charge in [0.15, 0.2) is 0 Å². The third-order valence-corrected chi connectivity index (χ3v) is 4.69. The smallest absolute Gasteiger partial charge is 0.333 e. The highest BCUT2D eigenvalue weighted by Crippen LogP contribution is 2.21. The highest BCUT2D eigenvalue weighted by atomic mass is 79.9. The van der Waals surface area contributed by atoms with E-state index in [4.69, 9.17) is 0 Å². The lowest BCUT2D eigenvalue weighted by Crippen LogP contribution is -2.46. The van der Waals surface area contributed by atoms with E-state index in [0.717, 1.165) is 9.35 Å². The van der Waals surface area contributed by atoms with E-state index in [2.05, 4.69) is 37.4 Å². The van der Waals surface area contributed by atoms with Crippen molar-refractivity contribution in [3.63, 3.8) is 0 Å². The van der Waals surface area contributed by atoms with Crippen molar-refractivity contribution in [2.45, 2.75) is 13.5 Å². The summed E-state index contributed by atoms with van der Waals surface area (Å²) in [5.41, 5.74) is 5.90. The van der Waals surface area contributed by atoms with Gasteiger partial charge in [0.2, 0.25) is 0 Å². The van der Waals surface area contributed by atoms with Crippen LogP contribution in [0.1, 0.15) is 32.5 Å². The van der Waals surface area contributed by atoms with Gasteiger partial charge < -0.3 is 10.6 Å². The number of hydrogen-bond acceptors (Lipinski definition) is 4. The van der Waals surface area contributed by atoms with E-state index in [9.17, 15) is 14.4 Å². The van der Waals surface area contributed by atoms with Gasteiger partial charge in [-0.2, -0.15) is 0 Å². The Morgan fingerprint density at radius 1 is 1.04 bits per heavy atom. The van der Waals surface area contributed by atoms with Gasteiger partial charge in [0.05, 0.1) is 8.66 Å². The van der Waals surface area contributed by atoms with Crippen LogP contribution < -0.4 is 21.5 Å². The predicted octanol–water partition coefficient (Wildman–Crippen LogP) is 2.40. The summed E-state index contributed by atoms with van der Waals surface area (Å²) in [6.07, 6.45) is 0. The maximum atomic E-state index is 11.8. The largest absolute Gasteiger partial charge is 0.352 e. The van der Waals surface area contributed by atoms with Gasteiger partial charge >= 0.3 is 6.03 Å². The molecule has 0 aliphatic rings. The van der Waals surface area contributed by atoms with E-state index in [1.54, 1.807) is 36.4 Å².